The molecular formula is C21H18N2OS. The number of benzene rings is 2. The number of ether oxygens (including phenoxy) is 1. The predicted octanol–water partition coefficient (Wildman–Crippen LogP) is 5.66. The summed E-state index contributed by atoms with van der Waals surface area (Å²) in [5.41, 5.74) is 3.47. The monoisotopic (exact) mass is 346 g/mol. The molecule has 0 aliphatic carbocycles. The lowest BCUT2D eigenvalue weighted by Gasteiger charge is -2.04. The minimum Gasteiger partial charge on any atom is -0.494 e. The van der Waals surface area contributed by atoms with Crippen molar-refractivity contribution in [2.45, 2.75) is 13.3 Å². The number of hydrogen-bond donors (Lipinski definition) is 0. The van der Waals surface area contributed by atoms with Crippen LogP contribution in [0.4, 0.5) is 0 Å². The van der Waals surface area contributed by atoms with Gasteiger partial charge in [0.15, 0.2) is 0 Å². The molecule has 0 N–H and O–H groups in total. The van der Waals surface area contributed by atoms with Crippen molar-refractivity contribution in [1.82, 2.24) is 4.98 Å². The second kappa shape index (κ2) is 8.27. The minimum atomic E-state index is 0.564. The van der Waals surface area contributed by atoms with E-state index in [-0.39, 0.29) is 0 Å². The van der Waals surface area contributed by atoms with Crippen LogP contribution in [-0.2, 0) is 0 Å². The number of thiazole rings is 1. The topological polar surface area (TPSA) is 45.9 Å². The van der Waals surface area contributed by atoms with Gasteiger partial charge in [0.05, 0.1) is 17.9 Å². The Balaban J connectivity index is 1.82. The maximum atomic E-state index is 9.52. The van der Waals surface area contributed by atoms with Gasteiger partial charge in [-0.05, 0) is 30.2 Å². The fraction of sp³-hybridized carbons (Fsp3) is 0.143. The van der Waals surface area contributed by atoms with Gasteiger partial charge in [-0.3, -0.25) is 0 Å². The summed E-state index contributed by atoms with van der Waals surface area (Å²) >= 11 is 1.48. The fourth-order valence-corrected chi connectivity index (χ4v) is 3.12. The minimum absolute atomic E-state index is 0.564. The Bertz CT molecular complexity index is 890. The number of nitriles is 1. The first-order chi connectivity index (χ1) is 12.3. The van der Waals surface area contributed by atoms with Crippen LogP contribution in [0.25, 0.3) is 22.9 Å². The summed E-state index contributed by atoms with van der Waals surface area (Å²) < 4.78 is 5.58. The Hall–Kier alpha value is -2.90. The summed E-state index contributed by atoms with van der Waals surface area (Å²) in [6.45, 7) is 2.79. The van der Waals surface area contributed by atoms with Crippen LogP contribution in [0.3, 0.4) is 0 Å². The lowest BCUT2D eigenvalue weighted by atomic mass is 10.1. The van der Waals surface area contributed by atoms with Crippen molar-refractivity contribution in [3.63, 3.8) is 0 Å². The van der Waals surface area contributed by atoms with Crippen molar-refractivity contribution in [3.8, 4) is 23.1 Å². The molecule has 0 unspecified atom stereocenters. The molecule has 3 nitrogen and oxygen atoms in total. The molecule has 0 saturated heterocycles. The zero-order valence-electron chi connectivity index (χ0n) is 14.0. The molecule has 1 heterocycles. The molecule has 0 bridgehead atoms. The SMILES string of the molecule is CCCOc1ccc(/C=C(\C#N)c2nc(-c3ccccc3)cs2)cc1. The van der Waals surface area contributed by atoms with Gasteiger partial charge in [0.2, 0.25) is 0 Å². The molecule has 0 atom stereocenters. The van der Waals surface area contributed by atoms with Crippen LogP contribution >= 0.6 is 11.3 Å². The maximum Gasteiger partial charge on any atom is 0.134 e. The number of nitrogens with zero attached hydrogens (tertiary/aromatic N) is 2. The quantitative estimate of drug-likeness (QED) is 0.541. The maximum absolute atomic E-state index is 9.52. The van der Waals surface area contributed by atoms with E-state index in [1.165, 1.54) is 11.3 Å². The largest absolute Gasteiger partial charge is 0.494 e. The summed E-state index contributed by atoms with van der Waals surface area (Å²) in [5.74, 6) is 0.845. The lowest BCUT2D eigenvalue weighted by molar-refractivity contribution is 0.317. The summed E-state index contributed by atoms with van der Waals surface area (Å²) in [6.07, 6.45) is 2.84. The molecule has 0 aliphatic heterocycles. The van der Waals surface area contributed by atoms with Crippen molar-refractivity contribution < 1.29 is 4.74 Å². The molecule has 0 saturated carbocycles. The molecule has 3 aromatic rings. The standard InChI is InChI=1S/C21H18N2OS/c1-2-12-24-19-10-8-16(9-11-19)13-18(14-22)21-23-20(15-25-21)17-6-4-3-5-7-17/h3-11,13,15H,2,12H2,1H3/b18-13+. The Labute approximate surface area is 151 Å². The van der Waals surface area contributed by atoms with Gasteiger partial charge in [-0.15, -0.1) is 11.3 Å². The summed E-state index contributed by atoms with van der Waals surface area (Å²) in [4.78, 5) is 4.61. The smallest absolute Gasteiger partial charge is 0.134 e. The highest BCUT2D eigenvalue weighted by Crippen LogP contribution is 2.27. The summed E-state index contributed by atoms with van der Waals surface area (Å²) in [6, 6.07) is 20.0. The Morgan fingerprint density at radius 2 is 1.92 bits per heavy atom. The molecule has 0 spiro atoms. The zero-order chi connectivity index (χ0) is 17.5. The average molecular weight is 346 g/mol. The highest BCUT2D eigenvalue weighted by molar-refractivity contribution is 7.11. The van der Waals surface area contributed by atoms with Gasteiger partial charge in [0, 0.05) is 10.9 Å². The fourth-order valence-electron chi connectivity index (χ4n) is 2.33. The molecular weight excluding hydrogens is 328 g/mol. The molecule has 25 heavy (non-hydrogen) atoms. The van der Waals surface area contributed by atoms with E-state index in [1.54, 1.807) is 0 Å². The Morgan fingerprint density at radius 1 is 1.16 bits per heavy atom. The van der Waals surface area contributed by atoms with Crippen LogP contribution in [-0.4, -0.2) is 11.6 Å². The lowest BCUT2D eigenvalue weighted by Crippen LogP contribution is -1.94. The summed E-state index contributed by atoms with van der Waals surface area (Å²) in [7, 11) is 0. The first-order valence-corrected chi connectivity index (χ1v) is 9.04. The van der Waals surface area contributed by atoms with Crippen molar-refractivity contribution in [3.05, 3.63) is 70.5 Å². The van der Waals surface area contributed by atoms with E-state index >= 15 is 0 Å². The van der Waals surface area contributed by atoms with Crippen molar-refractivity contribution in [2.24, 2.45) is 0 Å². The molecule has 0 aliphatic rings. The van der Waals surface area contributed by atoms with Gasteiger partial charge >= 0.3 is 0 Å². The zero-order valence-corrected chi connectivity index (χ0v) is 14.8. The van der Waals surface area contributed by atoms with E-state index in [2.05, 4.69) is 18.0 Å². The molecule has 0 fully saturated rings. The van der Waals surface area contributed by atoms with Crippen LogP contribution in [0.5, 0.6) is 5.75 Å². The highest BCUT2D eigenvalue weighted by atomic mass is 32.1. The van der Waals surface area contributed by atoms with Gasteiger partial charge in [0.25, 0.3) is 0 Å². The van der Waals surface area contributed by atoms with E-state index in [1.807, 2.05) is 66.1 Å². The number of rotatable bonds is 6. The van der Waals surface area contributed by atoms with Crippen LogP contribution in [0.15, 0.2) is 60.0 Å². The molecule has 124 valence electrons. The third-order valence-electron chi connectivity index (χ3n) is 3.59. The molecule has 3 rings (SSSR count). The third-order valence-corrected chi connectivity index (χ3v) is 4.46. The van der Waals surface area contributed by atoms with Gasteiger partial charge < -0.3 is 4.74 Å². The first kappa shape index (κ1) is 16.9. The number of allylic oxidation sites excluding steroid dienone is 1. The van der Waals surface area contributed by atoms with Crippen LogP contribution in [0.1, 0.15) is 23.9 Å². The predicted molar refractivity (Wildman–Crippen MR) is 103 cm³/mol. The molecule has 4 heteroatoms. The first-order valence-electron chi connectivity index (χ1n) is 8.16. The van der Waals surface area contributed by atoms with Gasteiger partial charge in [-0.2, -0.15) is 5.26 Å². The second-order valence-corrected chi connectivity index (χ2v) is 6.35. The second-order valence-electron chi connectivity index (χ2n) is 5.49. The van der Waals surface area contributed by atoms with Crippen LogP contribution in [0, 0.1) is 11.3 Å². The van der Waals surface area contributed by atoms with Crippen molar-refractivity contribution >= 4 is 23.0 Å². The number of hydrogen-bond acceptors (Lipinski definition) is 4. The van der Waals surface area contributed by atoms with Gasteiger partial charge in [-0.1, -0.05) is 49.4 Å². The molecule has 1 aromatic heterocycles. The number of aromatic nitrogens is 1. The molecule has 2 aromatic carbocycles. The van der Waals surface area contributed by atoms with Crippen LogP contribution in [0.2, 0.25) is 0 Å². The normalized spacial score (nSPS) is 11.1. The molecule has 0 amide bonds. The Kier molecular flexibility index (Phi) is 5.61. The highest BCUT2D eigenvalue weighted by Gasteiger charge is 2.09. The van der Waals surface area contributed by atoms with E-state index in [4.69, 9.17) is 4.74 Å². The van der Waals surface area contributed by atoms with Crippen LogP contribution < -0.4 is 4.74 Å². The van der Waals surface area contributed by atoms with Gasteiger partial charge in [-0.25, -0.2) is 4.98 Å². The van der Waals surface area contributed by atoms with E-state index < -0.39 is 0 Å². The third kappa shape index (κ3) is 4.34. The van der Waals surface area contributed by atoms with E-state index in [0.29, 0.717) is 12.2 Å². The van der Waals surface area contributed by atoms with Crippen molar-refractivity contribution in [1.29, 1.82) is 5.26 Å². The van der Waals surface area contributed by atoms with E-state index in [9.17, 15) is 5.26 Å². The van der Waals surface area contributed by atoms with E-state index in [0.717, 1.165) is 34.0 Å². The summed E-state index contributed by atoms with van der Waals surface area (Å²) in [5, 5.41) is 12.2. The van der Waals surface area contributed by atoms with Gasteiger partial charge in [0.1, 0.15) is 16.8 Å². The molecule has 0 radical (unpaired) electrons. The van der Waals surface area contributed by atoms with Crippen molar-refractivity contribution in [2.75, 3.05) is 6.61 Å². The average Bonchev–Trinajstić information content (AvgIpc) is 3.16. The Morgan fingerprint density at radius 3 is 2.60 bits per heavy atom.